The fourth-order valence-corrected chi connectivity index (χ4v) is 5.50. The molecule has 1 aliphatic rings. The number of nitrogens with zero attached hydrogens (tertiary/aromatic N) is 8. The summed E-state index contributed by atoms with van der Waals surface area (Å²) in [5, 5.41) is 12.4. The van der Waals surface area contributed by atoms with E-state index in [1.54, 1.807) is 11.9 Å². The van der Waals surface area contributed by atoms with Crippen LogP contribution in [0.4, 0.5) is 15.0 Å². The number of hydrogen-bond acceptors (Lipinski definition) is 9. The highest BCUT2D eigenvalue weighted by Gasteiger charge is 2.34. The Labute approximate surface area is 245 Å². The molecule has 3 N–H and O–H groups in total. The third kappa shape index (κ3) is 5.34. The highest BCUT2D eigenvalue weighted by molar-refractivity contribution is 5.98. The Morgan fingerprint density at radius 1 is 1.14 bits per heavy atom. The Hall–Kier alpha value is -5.40. The lowest BCUT2D eigenvalue weighted by atomic mass is 10.1. The molecule has 1 saturated carbocycles. The van der Waals surface area contributed by atoms with E-state index < -0.39 is 11.7 Å². The van der Waals surface area contributed by atoms with Gasteiger partial charge in [-0.25, -0.2) is 28.8 Å². The van der Waals surface area contributed by atoms with E-state index in [0.29, 0.717) is 34.7 Å². The van der Waals surface area contributed by atoms with Crippen molar-refractivity contribution in [3.63, 3.8) is 0 Å². The second-order valence-electron chi connectivity index (χ2n) is 10.3. The lowest BCUT2D eigenvalue weighted by molar-refractivity contribution is 0.0947. The van der Waals surface area contributed by atoms with Crippen LogP contribution in [0.1, 0.15) is 41.2 Å². The van der Waals surface area contributed by atoms with Gasteiger partial charge in [-0.3, -0.25) is 4.79 Å². The molecule has 3 heterocycles. The molecule has 0 spiro atoms. The predicted molar refractivity (Wildman–Crippen MR) is 155 cm³/mol. The summed E-state index contributed by atoms with van der Waals surface area (Å²) in [5.41, 5.74) is 9.34. The maximum atomic E-state index is 13.7. The Balaban J connectivity index is 1.20. The Kier molecular flexibility index (Phi) is 7.40. The minimum atomic E-state index is -0.523. The summed E-state index contributed by atoms with van der Waals surface area (Å²) < 4.78 is 22.0. The summed E-state index contributed by atoms with van der Waals surface area (Å²) in [4.78, 5) is 39.7. The summed E-state index contributed by atoms with van der Waals surface area (Å²) in [7, 11) is 3.19. The van der Waals surface area contributed by atoms with Gasteiger partial charge in [0.1, 0.15) is 42.1 Å². The maximum absolute atomic E-state index is 13.7. The van der Waals surface area contributed by atoms with Crippen molar-refractivity contribution in [1.29, 1.82) is 0 Å². The monoisotopic (exact) mass is 584 g/mol. The first-order valence-corrected chi connectivity index (χ1v) is 13.7. The van der Waals surface area contributed by atoms with E-state index in [-0.39, 0.29) is 30.2 Å². The van der Waals surface area contributed by atoms with Gasteiger partial charge < -0.3 is 20.7 Å². The number of carbonyl (C=O) groups is 2. The fourth-order valence-electron chi connectivity index (χ4n) is 5.50. The highest BCUT2D eigenvalue weighted by atomic mass is 19.1. The van der Waals surface area contributed by atoms with Crippen LogP contribution in [-0.4, -0.2) is 71.6 Å². The molecule has 3 aromatic heterocycles. The molecule has 43 heavy (non-hydrogen) atoms. The van der Waals surface area contributed by atoms with E-state index in [2.05, 4.69) is 25.4 Å². The lowest BCUT2D eigenvalue weighted by Crippen LogP contribution is -2.38. The highest BCUT2D eigenvalue weighted by Crippen LogP contribution is 2.38. The van der Waals surface area contributed by atoms with Crippen LogP contribution in [-0.2, 0) is 6.54 Å². The number of benzene rings is 2. The van der Waals surface area contributed by atoms with E-state index in [0.717, 1.165) is 30.0 Å². The number of halogens is 1. The third-order valence-electron chi connectivity index (χ3n) is 7.79. The van der Waals surface area contributed by atoms with Gasteiger partial charge in [0.05, 0.1) is 24.1 Å². The van der Waals surface area contributed by atoms with E-state index in [1.807, 2.05) is 28.9 Å². The van der Waals surface area contributed by atoms with Crippen LogP contribution < -0.4 is 15.8 Å². The first kappa shape index (κ1) is 27.8. The number of amides is 2. The zero-order chi connectivity index (χ0) is 30.1. The standard InChI is InChI=1S/C29H29FN10O3/c1-38(29(42)39-16-32-14-36-39)20-8-9-21(12-20)40-27-24(26(31)34-15-35-27)25(37-40)18-5-3-17(4-6-18)13-33-28(41)22-11-19(30)7-10-23(22)43-2/h3-7,10-11,14-16,20-21H,8-9,12-13H2,1-2H3,(H,33,41)(H2,31,34,35)/t20-,21-/m0/s1. The number of methoxy groups -OCH3 is 1. The Morgan fingerprint density at radius 2 is 1.95 bits per heavy atom. The molecule has 2 aromatic carbocycles. The SMILES string of the molecule is COc1ccc(F)cc1C(=O)NCc1ccc(-c2nn([C@H]3CC[C@H](N(C)C(=O)n4cncn4)C3)c3ncnc(N)c23)cc1. The first-order chi connectivity index (χ1) is 20.8. The molecule has 1 fully saturated rings. The van der Waals surface area contributed by atoms with E-state index in [1.165, 1.54) is 42.9 Å². The molecular formula is C29H29FN10O3. The van der Waals surface area contributed by atoms with Crippen LogP contribution in [0.5, 0.6) is 5.75 Å². The molecule has 2 amide bonds. The number of hydrogen-bond donors (Lipinski definition) is 2. The number of fused-ring (bicyclic) bond motifs is 1. The average molecular weight is 585 g/mol. The summed E-state index contributed by atoms with van der Waals surface area (Å²) in [6, 6.07) is 11.1. The minimum absolute atomic E-state index is 0.00385. The molecule has 0 unspecified atom stereocenters. The number of nitrogens with two attached hydrogens (primary N) is 1. The molecule has 0 bridgehead atoms. The normalized spacial score (nSPS) is 16.3. The number of nitrogens with one attached hydrogen (secondary N) is 1. The molecule has 2 atom stereocenters. The smallest absolute Gasteiger partial charge is 0.346 e. The summed E-state index contributed by atoms with van der Waals surface area (Å²) in [5.74, 6) is -0.359. The molecule has 0 aliphatic heterocycles. The van der Waals surface area contributed by atoms with Crippen molar-refractivity contribution in [2.24, 2.45) is 0 Å². The van der Waals surface area contributed by atoms with Crippen LogP contribution in [0.25, 0.3) is 22.3 Å². The van der Waals surface area contributed by atoms with Crippen molar-refractivity contribution < 1.29 is 18.7 Å². The third-order valence-corrected chi connectivity index (χ3v) is 7.79. The topological polar surface area (TPSA) is 159 Å². The molecule has 6 rings (SSSR count). The minimum Gasteiger partial charge on any atom is -0.496 e. The Bertz CT molecular complexity index is 1790. The van der Waals surface area contributed by atoms with Crippen LogP contribution in [0.15, 0.2) is 61.4 Å². The van der Waals surface area contributed by atoms with Gasteiger partial charge in [-0.1, -0.05) is 24.3 Å². The fraction of sp³-hybridized carbons (Fsp3) is 0.276. The molecule has 220 valence electrons. The number of nitrogen functional groups attached to an aromatic ring is 1. The second-order valence-corrected chi connectivity index (χ2v) is 10.3. The van der Waals surface area contributed by atoms with Crippen molar-refractivity contribution in [1.82, 2.24) is 44.7 Å². The van der Waals surface area contributed by atoms with Crippen LogP contribution in [0, 0.1) is 5.82 Å². The Morgan fingerprint density at radius 3 is 2.70 bits per heavy atom. The van der Waals surface area contributed by atoms with Crippen molar-refractivity contribution >= 4 is 28.8 Å². The molecular weight excluding hydrogens is 555 g/mol. The van der Waals surface area contributed by atoms with Gasteiger partial charge in [-0.15, -0.1) is 0 Å². The van der Waals surface area contributed by atoms with E-state index in [9.17, 15) is 14.0 Å². The van der Waals surface area contributed by atoms with Crippen molar-refractivity contribution in [3.05, 3.63) is 78.4 Å². The predicted octanol–water partition coefficient (Wildman–Crippen LogP) is 3.44. The van der Waals surface area contributed by atoms with Gasteiger partial charge in [-0.2, -0.15) is 14.9 Å². The molecule has 0 radical (unpaired) electrons. The zero-order valence-corrected chi connectivity index (χ0v) is 23.5. The van der Waals surface area contributed by atoms with Gasteiger partial charge in [0.15, 0.2) is 5.65 Å². The number of rotatable bonds is 7. The average Bonchev–Trinajstić information content (AvgIpc) is 3.80. The number of anilines is 1. The summed E-state index contributed by atoms with van der Waals surface area (Å²) in [6.07, 6.45) is 6.42. The van der Waals surface area contributed by atoms with Crippen LogP contribution >= 0.6 is 0 Å². The summed E-state index contributed by atoms with van der Waals surface area (Å²) in [6.45, 7) is 0.226. The zero-order valence-electron chi connectivity index (χ0n) is 23.5. The van der Waals surface area contributed by atoms with E-state index >= 15 is 0 Å². The maximum Gasteiger partial charge on any atom is 0.346 e. The van der Waals surface area contributed by atoms with E-state index in [4.69, 9.17) is 15.6 Å². The van der Waals surface area contributed by atoms with Crippen molar-refractivity contribution in [3.8, 4) is 17.0 Å². The largest absolute Gasteiger partial charge is 0.496 e. The van der Waals surface area contributed by atoms with Gasteiger partial charge >= 0.3 is 6.03 Å². The van der Waals surface area contributed by atoms with Gasteiger partial charge in [0, 0.05) is 25.2 Å². The summed E-state index contributed by atoms with van der Waals surface area (Å²) >= 11 is 0. The number of ether oxygens (including phenoxy) is 1. The first-order valence-electron chi connectivity index (χ1n) is 13.7. The number of aromatic nitrogens is 7. The van der Waals surface area contributed by atoms with Crippen molar-refractivity contribution in [2.75, 3.05) is 19.9 Å². The van der Waals surface area contributed by atoms with Gasteiger partial charge in [0.25, 0.3) is 5.91 Å². The van der Waals surface area contributed by atoms with Gasteiger partial charge in [0.2, 0.25) is 0 Å². The second kappa shape index (κ2) is 11.5. The molecule has 13 nitrogen and oxygen atoms in total. The van der Waals surface area contributed by atoms with Crippen LogP contribution in [0.3, 0.4) is 0 Å². The van der Waals surface area contributed by atoms with Crippen molar-refractivity contribution in [2.45, 2.75) is 37.9 Å². The lowest BCUT2D eigenvalue weighted by Gasteiger charge is -2.24. The molecule has 1 aliphatic carbocycles. The van der Waals surface area contributed by atoms with Crippen LogP contribution in [0.2, 0.25) is 0 Å². The van der Waals surface area contributed by atoms with Gasteiger partial charge in [-0.05, 0) is 43.0 Å². The molecule has 0 saturated heterocycles. The molecule has 5 aromatic rings. The quantitative estimate of drug-likeness (QED) is 0.292. The number of carbonyl (C=O) groups excluding carboxylic acids is 2. The molecule has 14 heteroatoms.